The van der Waals surface area contributed by atoms with Crippen molar-refractivity contribution in [1.29, 1.82) is 0 Å². The van der Waals surface area contributed by atoms with Crippen molar-refractivity contribution in [3.05, 3.63) is 22.8 Å². The van der Waals surface area contributed by atoms with Crippen LogP contribution in [0.2, 0.25) is 0 Å². The molecule has 0 aromatic carbocycles. The van der Waals surface area contributed by atoms with Crippen molar-refractivity contribution in [2.24, 2.45) is 5.92 Å². The third-order valence-electron chi connectivity index (χ3n) is 2.17. The van der Waals surface area contributed by atoms with Gasteiger partial charge in [-0.25, -0.2) is 9.97 Å². The Kier molecular flexibility index (Phi) is 3.69. The smallest absolute Gasteiger partial charge is 0.157 e. The van der Waals surface area contributed by atoms with Gasteiger partial charge in [0.1, 0.15) is 5.69 Å². The first-order chi connectivity index (χ1) is 7.75. The molecule has 5 heteroatoms. The second-order valence-electron chi connectivity index (χ2n) is 4.16. The second-order valence-corrected chi connectivity index (χ2v) is 4.87. The minimum absolute atomic E-state index is 0.668. The van der Waals surface area contributed by atoms with Crippen LogP contribution in [0.25, 0.3) is 11.5 Å². The number of imidazole rings is 1. The van der Waals surface area contributed by atoms with E-state index in [-0.39, 0.29) is 0 Å². The number of aromatic amines is 1. The van der Waals surface area contributed by atoms with Gasteiger partial charge in [-0.1, -0.05) is 13.8 Å². The number of nitrogens with one attached hydrogen (secondary N) is 2. The van der Waals surface area contributed by atoms with Crippen LogP contribution < -0.4 is 5.32 Å². The Bertz CT molecular complexity index is 419. The van der Waals surface area contributed by atoms with E-state index in [0.717, 1.165) is 30.3 Å². The first-order valence-corrected chi connectivity index (χ1v) is 6.33. The van der Waals surface area contributed by atoms with Gasteiger partial charge >= 0.3 is 0 Å². The van der Waals surface area contributed by atoms with E-state index in [1.54, 1.807) is 11.3 Å². The zero-order valence-electron chi connectivity index (χ0n) is 9.53. The molecule has 0 amide bonds. The highest BCUT2D eigenvalue weighted by atomic mass is 32.1. The first kappa shape index (κ1) is 11.3. The van der Waals surface area contributed by atoms with Crippen LogP contribution in [0.3, 0.4) is 0 Å². The van der Waals surface area contributed by atoms with Gasteiger partial charge in [0.15, 0.2) is 5.82 Å². The van der Waals surface area contributed by atoms with Gasteiger partial charge in [0.2, 0.25) is 0 Å². The Morgan fingerprint density at radius 1 is 1.44 bits per heavy atom. The van der Waals surface area contributed by atoms with Gasteiger partial charge in [0.25, 0.3) is 0 Å². The van der Waals surface area contributed by atoms with Gasteiger partial charge in [-0.2, -0.15) is 0 Å². The Morgan fingerprint density at radius 3 is 3.00 bits per heavy atom. The maximum absolute atomic E-state index is 4.31. The standard InChI is InChI=1S/C11H16N4S/c1-8(2)3-12-4-9-5-13-11(15-9)10-6-16-7-14-10/h5-8,12H,3-4H2,1-2H3,(H,13,15). The highest BCUT2D eigenvalue weighted by Crippen LogP contribution is 2.14. The third-order valence-corrected chi connectivity index (χ3v) is 2.76. The minimum atomic E-state index is 0.668. The van der Waals surface area contributed by atoms with Gasteiger partial charge in [-0.05, 0) is 12.5 Å². The number of H-pyrrole nitrogens is 1. The summed E-state index contributed by atoms with van der Waals surface area (Å²) in [6.07, 6.45) is 1.86. The molecule has 0 radical (unpaired) electrons. The molecule has 2 aromatic rings. The third kappa shape index (κ3) is 2.90. The monoisotopic (exact) mass is 236 g/mol. The average molecular weight is 236 g/mol. The fourth-order valence-electron chi connectivity index (χ4n) is 1.40. The maximum atomic E-state index is 4.31. The number of hydrogen-bond donors (Lipinski definition) is 2. The predicted octanol–water partition coefficient (Wildman–Crippen LogP) is 2.28. The average Bonchev–Trinajstić information content (AvgIpc) is 2.85. The molecule has 0 fully saturated rings. The van der Waals surface area contributed by atoms with Crippen LogP contribution in [-0.2, 0) is 6.54 Å². The molecule has 0 saturated carbocycles. The lowest BCUT2D eigenvalue weighted by Crippen LogP contribution is -2.19. The van der Waals surface area contributed by atoms with Crippen molar-refractivity contribution >= 4 is 11.3 Å². The van der Waals surface area contributed by atoms with Crippen molar-refractivity contribution in [2.45, 2.75) is 20.4 Å². The molecule has 86 valence electrons. The van der Waals surface area contributed by atoms with E-state index >= 15 is 0 Å². The summed E-state index contributed by atoms with van der Waals surface area (Å²) < 4.78 is 0. The zero-order valence-corrected chi connectivity index (χ0v) is 10.3. The van der Waals surface area contributed by atoms with E-state index < -0.39 is 0 Å². The largest absolute Gasteiger partial charge is 0.339 e. The van der Waals surface area contributed by atoms with E-state index in [1.807, 2.05) is 17.1 Å². The first-order valence-electron chi connectivity index (χ1n) is 5.39. The van der Waals surface area contributed by atoms with Crippen molar-refractivity contribution in [1.82, 2.24) is 20.3 Å². The summed E-state index contributed by atoms with van der Waals surface area (Å²) in [6, 6.07) is 0. The topological polar surface area (TPSA) is 53.6 Å². The summed E-state index contributed by atoms with van der Waals surface area (Å²) >= 11 is 1.58. The molecule has 0 unspecified atom stereocenters. The van der Waals surface area contributed by atoms with Gasteiger partial charge in [0.05, 0.1) is 11.7 Å². The highest BCUT2D eigenvalue weighted by molar-refractivity contribution is 7.07. The fraction of sp³-hybridized carbons (Fsp3) is 0.455. The second kappa shape index (κ2) is 5.23. The number of rotatable bonds is 5. The molecular formula is C11H16N4S. The van der Waals surface area contributed by atoms with E-state index in [0.29, 0.717) is 5.92 Å². The summed E-state index contributed by atoms with van der Waals surface area (Å²) in [5.41, 5.74) is 3.83. The maximum Gasteiger partial charge on any atom is 0.157 e. The highest BCUT2D eigenvalue weighted by Gasteiger charge is 2.04. The molecule has 2 aromatic heterocycles. The van der Waals surface area contributed by atoms with Gasteiger partial charge in [0, 0.05) is 17.6 Å². The molecule has 2 rings (SSSR count). The van der Waals surface area contributed by atoms with E-state index in [1.165, 1.54) is 0 Å². The number of thiazole rings is 1. The van der Waals surface area contributed by atoms with E-state index in [9.17, 15) is 0 Å². The van der Waals surface area contributed by atoms with Crippen LogP contribution in [0.4, 0.5) is 0 Å². The van der Waals surface area contributed by atoms with Gasteiger partial charge in [-0.3, -0.25) is 0 Å². The molecule has 4 nitrogen and oxygen atoms in total. The summed E-state index contributed by atoms with van der Waals surface area (Å²) in [4.78, 5) is 11.8. The molecule has 16 heavy (non-hydrogen) atoms. The predicted molar refractivity (Wildman–Crippen MR) is 66.2 cm³/mol. The van der Waals surface area contributed by atoms with Crippen LogP contribution in [0, 0.1) is 5.92 Å². The molecule has 0 atom stereocenters. The quantitative estimate of drug-likeness (QED) is 0.837. The van der Waals surface area contributed by atoms with Crippen LogP contribution in [0.1, 0.15) is 19.5 Å². The number of hydrogen-bond acceptors (Lipinski definition) is 4. The van der Waals surface area contributed by atoms with E-state index in [2.05, 4.69) is 34.1 Å². The molecule has 0 aliphatic heterocycles. The van der Waals surface area contributed by atoms with E-state index in [4.69, 9.17) is 0 Å². The number of nitrogens with zero attached hydrogens (tertiary/aromatic N) is 2. The molecule has 2 heterocycles. The van der Waals surface area contributed by atoms with Crippen molar-refractivity contribution in [2.75, 3.05) is 6.54 Å². The Labute approximate surface area is 99.2 Å². The van der Waals surface area contributed by atoms with Gasteiger partial charge < -0.3 is 10.3 Å². The van der Waals surface area contributed by atoms with Crippen LogP contribution in [-0.4, -0.2) is 21.5 Å². The SMILES string of the molecule is CC(C)CNCc1cnc(-c2cscn2)[nH]1. The lowest BCUT2D eigenvalue weighted by molar-refractivity contribution is 0.549. The number of aromatic nitrogens is 3. The van der Waals surface area contributed by atoms with Crippen molar-refractivity contribution in [3.8, 4) is 11.5 Å². The fourth-order valence-corrected chi connectivity index (χ4v) is 1.94. The normalized spacial score (nSPS) is 11.2. The summed E-state index contributed by atoms with van der Waals surface area (Å²) in [5, 5.41) is 5.36. The molecule has 0 aliphatic rings. The van der Waals surface area contributed by atoms with Crippen LogP contribution in [0.5, 0.6) is 0 Å². The summed E-state index contributed by atoms with van der Waals surface area (Å²) in [5.74, 6) is 1.52. The Morgan fingerprint density at radius 2 is 2.31 bits per heavy atom. The van der Waals surface area contributed by atoms with Crippen molar-refractivity contribution in [3.63, 3.8) is 0 Å². The lowest BCUT2D eigenvalue weighted by atomic mass is 10.2. The van der Waals surface area contributed by atoms with Crippen LogP contribution in [0.15, 0.2) is 17.1 Å². The molecule has 0 bridgehead atoms. The zero-order chi connectivity index (χ0) is 11.4. The lowest BCUT2D eigenvalue weighted by Gasteiger charge is -2.05. The molecule has 0 saturated heterocycles. The van der Waals surface area contributed by atoms with Gasteiger partial charge in [-0.15, -0.1) is 11.3 Å². The minimum Gasteiger partial charge on any atom is -0.339 e. The molecule has 0 spiro atoms. The summed E-state index contributed by atoms with van der Waals surface area (Å²) in [7, 11) is 0. The summed E-state index contributed by atoms with van der Waals surface area (Å²) in [6.45, 7) is 6.24. The molecule has 0 aliphatic carbocycles. The molecular weight excluding hydrogens is 220 g/mol. The van der Waals surface area contributed by atoms with Crippen molar-refractivity contribution < 1.29 is 0 Å². The Hall–Kier alpha value is -1.20. The molecule has 2 N–H and O–H groups in total. The Balaban J connectivity index is 1.93. The van der Waals surface area contributed by atoms with Crippen LogP contribution >= 0.6 is 11.3 Å².